The van der Waals surface area contributed by atoms with Crippen LogP contribution in [0, 0.1) is 20.8 Å². The number of carbonyl (C=O) groups is 1. The first-order valence-electron chi connectivity index (χ1n) is 7.89. The molecule has 3 rings (SSSR count). The second kappa shape index (κ2) is 6.61. The molecule has 0 aliphatic carbocycles. The van der Waals surface area contributed by atoms with Crippen LogP contribution in [-0.4, -0.2) is 27.6 Å². The summed E-state index contributed by atoms with van der Waals surface area (Å²) in [5, 5.41) is 6.63. The topological polar surface area (TPSA) is 38.1 Å². The largest absolute Gasteiger partial charge is 0.336 e. The summed E-state index contributed by atoms with van der Waals surface area (Å²) in [5.74, 6) is 0.0139. The summed E-state index contributed by atoms with van der Waals surface area (Å²) in [4.78, 5) is 15.9. The molecule has 0 spiro atoms. The highest BCUT2D eigenvalue weighted by Gasteiger charge is 2.22. The quantitative estimate of drug-likeness (QED) is 0.717. The van der Waals surface area contributed by atoms with Crippen molar-refractivity contribution in [2.75, 3.05) is 7.05 Å². The fourth-order valence-corrected chi connectivity index (χ4v) is 3.78. The van der Waals surface area contributed by atoms with Gasteiger partial charge in [-0.2, -0.15) is 5.10 Å². The number of hydrogen-bond acceptors (Lipinski definition) is 3. The first kappa shape index (κ1) is 16.5. The molecular formula is C19H21N3OS. The van der Waals surface area contributed by atoms with Crippen LogP contribution in [0.2, 0.25) is 0 Å². The first-order valence-corrected chi connectivity index (χ1v) is 8.77. The standard InChI is InChI=1S/C19H21N3OS/c1-13-10-11-24-17(13)12-21(4)19(23)18-14(2)20-22(15(18)3)16-8-6-5-7-9-16/h5-11H,12H2,1-4H3. The van der Waals surface area contributed by atoms with E-state index in [1.807, 2.05) is 55.9 Å². The highest BCUT2D eigenvalue weighted by atomic mass is 32.1. The Hall–Kier alpha value is -2.40. The second-order valence-electron chi connectivity index (χ2n) is 5.98. The van der Waals surface area contributed by atoms with Gasteiger partial charge >= 0.3 is 0 Å². The van der Waals surface area contributed by atoms with Crippen molar-refractivity contribution in [2.24, 2.45) is 0 Å². The van der Waals surface area contributed by atoms with Crippen LogP contribution in [0.15, 0.2) is 41.8 Å². The summed E-state index contributed by atoms with van der Waals surface area (Å²) in [5.41, 5.74) is 4.52. The molecule has 1 amide bonds. The zero-order valence-corrected chi connectivity index (χ0v) is 15.2. The van der Waals surface area contributed by atoms with E-state index in [-0.39, 0.29) is 5.91 Å². The van der Waals surface area contributed by atoms with E-state index in [1.54, 1.807) is 16.2 Å². The van der Waals surface area contributed by atoms with Gasteiger partial charge in [0.2, 0.25) is 0 Å². The highest BCUT2D eigenvalue weighted by molar-refractivity contribution is 7.10. The van der Waals surface area contributed by atoms with Crippen LogP contribution in [0.1, 0.15) is 32.2 Å². The van der Waals surface area contributed by atoms with Crippen molar-refractivity contribution in [3.8, 4) is 5.69 Å². The van der Waals surface area contributed by atoms with Crippen molar-refractivity contribution >= 4 is 17.2 Å². The van der Waals surface area contributed by atoms with Crippen molar-refractivity contribution in [1.29, 1.82) is 0 Å². The summed E-state index contributed by atoms with van der Waals surface area (Å²) in [6.45, 7) is 6.54. The monoisotopic (exact) mass is 339 g/mol. The molecule has 1 aromatic carbocycles. The van der Waals surface area contributed by atoms with Gasteiger partial charge in [0.15, 0.2) is 0 Å². The fraction of sp³-hybridized carbons (Fsp3) is 0.263. The molecule has 5 heteroatoms. The molecule has 124 valence electrons. The SMILES string of the molecule is Cc1ccsc1CN(C)C(=O)c1c(C)nn(-c2ccccc2)c1C. The number of thiophene rings is 1. The zero-order valence-electron chi connectivity index (χ0n) is 14.4. The second-order valence-corrected chi connectivity index (χ2v) is 6.98. The van der Waals surface area contributed by atoms with Crippen LogP contribution in [-0.2, 0) is 6.54 Å². The number of aromatic nitrogens is 2. The third-order valence-corrected chi connectivity index (χ3v) is 5.21. The number of nitrogens with zero attached hydrogens (tertiary/aromatic N) is 3. The lowest BCUT2D eigenvalue weighted by molar-refractivity contribution is 0.0785. The molecule has 4 nitrogen and oxygen atoms in total. The van der Waals surface area contributed by atoms with Crippen molar-refractivity contribution in [1.82, 2.24) is 14.7 Å². The molecular weight excluding hydrogens is 318 g/mol. The molecule has 2 heterocycles. The summed E-state index contributed by atoms with van der Waals surface area (Å²) in [6.07, 6.45) is 0. The van der Waals surface area contributed by atoms with Gasteiger partial charge in [-0.25, -0.2) is 4.68 Å². The van der Waals surface area contributed by atoms with E-state index in [1.165, 1.54) is 10.4 Å². The number of amides is 1. The maximum absolute atomic E-state index is 12.9. The number of para-hydroxylation sites is 1. The van der Waals surface area contributed by atoms with Gasteiger partial charge in [-0.3, -0.25) is 4.79 Å². The fourth-order valence-electron chi connectivity index (χ4n) is 2.82. The van der Waals surface area contributed by atoms with Gasteiger partial charge in [0.05, 0.1) is 29.2 Å². The van der Waals surface area contributed by atoms with E-state index in [0.29, 0.717) is 12.1 Å². The van der Waals surface area contributed by atoms with E-state index in [2.05, 4.69) is 23.5 Å². The Kier molecular flexibility index (Phi) is 4.53. The van der Waals surface area contributed by atoms with Crippen LogP contribution in [0.5, 0.6) is 0 Å². The van der Waals surface area contributed by atoms with Gasteiger partial charge in [-0.1, -0.05) is 18.2 Å². The maximum Gasteiger partial charge on any atom is 0.257 e. The highest BCUT2D eigenvalue weighted by Crippen LogP contribution is 2.22. The van der Waals surface area contributed by atoms with Crippen molar-refractivity contribution in [2.45, 2.75) is 27.3 Å². The van der Waals surface area contributed by atoms with Gasteiger partial charge < -0.3 is 4.90 Å². The van der Waals surface area contributed by atoms with Crippen LogP contribution < -0.4 is 0 Å². The lowest BCUT2D eigenvalue weighted by atomic mass is 10.1. The third kappa shape index (κ3) is 2.99. The van der Waals surface area contributed by atoms with Crippen LogP contribution >= 0.6 is 11.3 Å². The van der Waals surface area contributed by atoms with Gasteiger partial charge in [-0.15, -0.1) is 11.3 Å². The van der Waals surface area contributed by atoms with Crippen LogP contribution in [0.25, 0.3) is 5.69 Å². The smallest absolute Gasteiger partial charge is 0.257 e. The minimum Gasteiger partial charge on any atom is -0.336 e. The molecule has 2 aromatic heterocycles. The van der Waals surface area contributed by atoms with E-state index >= 15 is 0 Å². The predicted molar refractivity (Wildman–Crippen MR) is 97.9 cm³/mol. The Bertz CT molecular complexity index is 864. The third-order valence-electron chi connectivity index (χ3n) is 4.20. The van der Waals surface area contributed by atoms with Crippen molar-refractivity contribution < 1.29 is 4.79 Å². The Morgan fingerprint density at radius 2 is 1.88 bits per heavy atom. The van der Waals surface area contributed by atoms with E-state index in [4.69, 9.17) is 0 Å². The normalized spacial score (nSPS) is 10.8. The Labute approximate surface area is 146 Å². The summed E-state index contributed by atoms with van der Waals surface area (Å²) >= 11 is 1.69. The molecule has 24 heavy (non-hydrogen) atoms. The lowest BCUT2D eigenvalue weighted by Gasteiger charge is -2.17. The number of benzene rings is 1. The molecule has 0 bridgehead atoms. The summed E-state index contributed by atoms with van der Waals surface area (Å²) in [6, 6.07) is 12.0. The Morgan fingerprint density at radius 1 is 1.17 bits per heavy atom. The Balaban J connectivity index is 1.90. The van der Waals surface area contributed by atoms with E-state index in [0.717, 1.165) is 17.1 Å². The molecule has 0 saturated carbocycles. The molecule has 0 N–H and O–H groups in total. The number of hydrogen-bond donors (Lipinski definition) is 0. The minimum absolute atomic E-state index is 0.0139. The minimum atomic E-state index is 0.0139. The number of aryl methyl sites for hydroxylation is 2. The molecule has 0 fully saturated rings. The zero-order chi connectivity index (χ0) is 17.3. The lowest BCUT2D eigenvalue weighted by Crippen LogP contribution is -2.27. The van der Waals surface area contributed by atoms with Crippen LogP contribution in [0.3, 0.4) is 0 Å². The Morgan fingerprint density at radius 3 is 2.50 bits per heavy atom. The molecule has 0 aliphatic rings. The molecule has 3 aromatic rings. The summed E-state index contributed by atoms with van der Waals surface area (Å²) in [7, 11) is 1.85. The van der Waals surface area contributed by atoms with Crippen molar-refractivity contribution in [3.05, 3.63) is 69.2 Å². The molecule has 0 atom stereocenters. The predicted octanol–water partition coefficient (Wildman–Crippen LogP) is 4.13. The van der Waals surface area contributed by atoms with Gasteiger partial charge in [0.25, 0.3) is 5.91 Å². The van der Waals surface area contributed by atoms with Crippen LogP contribution in [0.4, 0.5) is 0 Å². The summed E-state index contributed by atoms with van der Waals surface area (Å²) < 4.78 is 1.84. The number of carbonyl (C=O) groups excluding carboxylic acids is 1. The molecule has 0 unspecified atom stereocenters. The number of rotatable bonds is 4. The van der Waals surface area contributed by atoms with Gasteiger partial charge in [0.1, 0.15) is 0 Å². The molecule has 0 saturated heterocycles. The average molecular weight is 339 g/mol. The van der Waals surface area contributed by atoms with Crippen molar-refractivity contribution in [3.63, 3.8) is 0 Å². The van der Waals surface area contributed by atoms with Gasteiger partial charge in [0, 0.05) is 11.9 Å². The van der Waals surface area contributed by atoms with E-state index in [9.17, 15) is 4.79 Å². The first-order chi connectivity index (χ1) is 11.5. The molecule has 0 radical (unpaired) electrons. The average Bonchev–Trinajstić information content (AvgIpc) is 3.11. The molecule has 0 aliphatic heterocycles. The maximum atomic E-state index is 12.9. The van der Waals surface area contributed by atoms with E-state index < -0.39 is 0 Å². The van der Waals surface area contributed by atoms with Gasteiger partial charge in [-0.05, 0) is 49.9 Å².